The van der Waals surface area contributed by atoms with Gasteiger partial charge in [-0.15, -0.1) is 11.8 Å². The summed E-state index contributed by atoms with van der Waals surface area (Å²) in [6, 6.07) is 11.9. The number of rotatable bonds is 10. The molecule has 0 radical (unpaired) electrons. The third kappa shape index (κ3) is 7.54. The van der Waals surface area contributed by atoms with Gasteiger partial charge in [0.25, 0.3) is 0 Å². The maximum absolute atomic E-state index is 14.0. The molecule has 2 aromatic carbocycles. The van der Waals surface area contributed by atoms with Crippen molar-refractivity contribution in [2.75, 3.05) is 5.75 Å². The van der Waals surface area contributed by atoms with Crippen LogP contribution in [0.15, 0.2) is 42.5 Å². The van der Waals surface area contributed by atoms with Crippen LogP contribution < -0.4 is 5.32 Å². The van der Waals surface area contributed by atoms with Crippen LogP contribution in [0.25, 0.3) is 0 Å². The van der Waals surface area contributed by atoms with Crippen molar-refractivity contribution in [1.82, 2.24) is 10.2 Å². The second kappa shape index (κ2) is 12.1. The van der Waals surface area contributed by atoms with Gasteiger partial charge >= 0.3 is 0 Å². The smallest absolute Gasteiger partial charge is 0.243 e. The molecule has 0 saturated carbocycles. The van der Waals surface area contributed by atoms with E-state index in [1.54, 1.807) is 17.0 Å². The molecule has 1 N–H and O–H groups in total. The number of hydrogen-bond acceptors (Lipinski definition) is 3. The third-order valence-electron chi connectivity index (χ3n) is 4.79. The standard InChI is InChI=1S/C24H30ClFN2O2S/c1-5-22(24(30)27-16(2)3)28(13-18-9-6-8-17(4)12-18)23(29)15-31-14-19-20(25)10-7-11-21(19)26/h6-12,16,22H,5,13-15H2,1-4H3,(H,27,30). The van der Waals surface area contributed by atoms with E-state index in [0.717, 1.165) is 11.1 Å². The highest BCUT2D eigenvalue weighted by atomic mass is 35.5. The molecule has 0 aromatic heterocycles. The second-order valence-electron chi connectivity index (χ2n) is 7.79. The lowest BCUT2D eigenvalue weighted by atomic mass is 10.1. The minimum atomic E-state index is -0.576. The number of halogens is 2. The summed E-state index contributed by atoms with van der Waals surface area (Å²) in [5, 5.41) is 3.26. The fourth-order valence-electron chi connectivity index (χ4n) is 3.30. The van der Waals surface area contributed by atoms with E-state index < -0.39 is 6.04 Å². The number of carbonyl (C=O) groups excluding carboxylic acids is 2. The van der Waals surface area contributed by atoms with Crippen molar-refractivity contribution in [2.45, 2.75) is 58.5 Å². The zero-order valence-electron chi connectivity index (χ0n) is 18.5. The summed E-state index contributed by atoms with van der Waals surface area (Å²) in [7, 11) is 0. The molecule has 0 saturated heterocycles. The molecule has 7 heteroatoms. The molecular formula is C24H30ClFN2O2S. The molecule has 0 spiro atoms. The van der Waals surface area contributed by atoms with Crippen LogP contribution >= 0.6 is 23.4 Å². The van der Waals surface area contributed by atoms with Gasteiger partial charge < -0.3 is 10.2 Å². The lowest BCUT2D eigenvalue weighted by Gasteiger charge is -2.31. The number of thioether (sulfide) groups is 1. The molecule has 0 heterocycles. The van der Waals surface area contributed by atoms with Gasteiger partial charge in [0.05, 0.1) is 5.75 Å². The first-order chi connectivity index (χ1) is 14.7. The Hall–Kier alpha value is -2.05. The highest BCUT2D eigenvalue weighted by molar-refractivity contribution is 7.99. The summed E-state index contributed by atoms with van der Waals surface area (Å²) in [5.74, 6) is -0.302. The molecule has 2 rings (SSSR count). The SMILES string of the molecule is CCC(C(=O)NC(C)C)N(Cc1cccc(C)c1)C(=O)CSCc1c(F)cccc1Cl. The molecule has 0 aliphatic carbocycles. The molecule has 0 fully saturated rings. The average Bonchev–Trinajstić information content (AvgIpc) is 2.69. The molecule has 2 aromatic rings. The van der Waals surface area contributed by atoms with Crippen molar-refractivity contribution in [1.29, 1.82) is 0 Å². The van der Waals surface area contributed by atoms with Crippen molar-refractivity contribution in [3.05, 3.63) is 70.0 Å². The minimum Gasteiger partial charge on any atom is -0.352 e. The normalized spacial score (nSPS) is 12.0. The second-order valence-corrected chi connectivity index (χ2v) is 9.18. The number of hydrogen-bond donors (Lipinski definition) is 1. The molecular weight excluding hydrogens is 435 g/mol. The van der Waals surface area contributed by atoms with Gasteiger partial charge in [0.15, 0.2) is 0 Å². The Kier molecular flexibility index (Phi) is 9.85. The van der Waals surface area contributed by atoms with Gasteiger partial charge in [-0.1, -0.05) is 54.4 Å². The summed E-state index contributed by atoms with van der Waals surface area (Å²) in [4.78, 5) is 27.6. The van der Waals surface area contributed by atoms with E-state index in [2.05, 4.69) is 5.32 Å². The zero-order chi connectivity index (χ0) is 23.0. The predicted molar refractivity (Wildman–Crippen MR) is 127 cm³/mol. The number of aryl methyl sites for hydroxylation is 1. The summed E-state index contributed by atoms with van der Waals surface area (Å²) in [5.41, 5.74) is 2.44. The van der Waals surface area contributed by atoms with Crippen LogP contribution in [-0.4, -0.2) is 34.6 Å². The van der Waals surface area contributed by atoms with Crippen LogP contribution in [0.1, 0.15) is 43.9 Å². The Labute approximate surface area is 193 Å². The molecule has 4 nitrogen and oxygen atoms in total. The number of benzene rings is 2. The van der Waals surface area contributed by atoms with E-state index in [-0.39, 0.29) is 35.2 Å². The number of nitrogens with zero attached hydrogens (tertiary/aromatic N) is 1. The van der Waals surface area contributed by atoms with Crippen molar-refractivity contribution >= 4 is 35.2 Å². The average molecular weight is 465 g/mol. The van der Waals surface area contributed by atoms with Crippen LogP contribution in [0.5, 0.6) is 0 Å². The highest BCUT2D eigenvalue weighted by Crippen LogP contribution is 2.24. The molecule has 31 heavy (non-hydrogen) atoms. The molecule has 0 aliphatic rings. The van der Waals surface area contributed by atoms with Crippen molar-refractivity contribution < 1.29 is 14.0 Å². The Balaban J connectivity index is 2.17. The van der Waals surface area contributed by atoms with Crippen molar-refractivity contribution in [2.24, 2.45) is 0 Å². The van der Waals surface area contributed by atoms with Gasteiger partial charge in [-0.25, -0.2) is 4.39 Å². The summed E-state index contributed by atoms with van der Waals surface area (Å²) in [6.45, 7) is 8.02. The maximum Gasteiger partial charge on any atom is 0.243 e. The maximum atomic E-state index is 14.0. The van der Waals surface area contributed by atoms with Crippen LogP contribution in [0.2, 0.25) is 5.02 Å². The monoisotopic (exact) mass is 464 g/mol. The summed E-state index contributed by atoms with van der Waals surface area (Å²) < 4.78 is 14.0. The van der Waals surface area contributed by atoms with E-state index in [0.29, 0.717) is 23.6 Å². The predicted octanol–water partition coefficient (Wildman–Crippen LogP) is 5.35. The van der Waals surface area contributed by atoms with Crippen LogP contribution in [0, 0.1) is 12.7 Å². The van der Waals surface area contributed by atoms with Crippen LogP contribution in [0.3, 0.4) is 0 Å². The Morgan fingerprint density at radius 1 is 1.19 bits per heavy atom. The minimum absolute atomic E-state index is 0.0185. The van der Waals surface area contributed by atoms with Crippen LogP contribution in [-0.2, 0) is 21.9 Å². The Morgan fingerprint density at radius 2 is 1.90 bits per heavy atom. The highest BCUT2D eigenvalue weighted by Gasteiger charge is 2.29. The first-order valence-corrected chi connectivity index (χ1v) is 11.9. The van der Waals surface area contributed by atoms with Crippen LogP contribution in [0.4, 0.5) is 4.39 Å². The lowest BCUT2D eigenvalue weighted by Crippen LogP contribution is -2.50. The molecule has 2 amide bonds. The van der Waals surface area contributed by atoms with Gasteiger partial charge in [-0.2, -0.15) is 0 Å². The van der Waals surface area contributed by atoms with Gasteiger partial charge in [0.2, 0.25) is 11.8 Å². The van der Waals surface area contributed by atoms with Crippen molar-refractivity contribution in [3.63, 3.8) is 0 Å². The quantitative estimate of drug-likeness (QED) is 0.515. The van der Waals surface area contributed by atoms with Gasteiger partial charge in [-0.05, 0) is 44.9 Å². The van der Waals surface area contributed by atoms with E-state index in [4.69, 9.17) is 11.6 Å². The van der Waals surface area contributed by atoms with Gasteiger partial charge in [0, 0.05) is 28.9 Å². The fourth-order valence-corrected chi connectivity index (χ4v) is 4.55. The largest absolute Gasteiger partial charge is 0.352 e. The number of amides is 2. The topological polar surface area (TPSA) is 49.4 Å². The van der Waals surface area contributed by atoms with Crippen molar-refractivity contribution in [3.8, 4) is 0 Å². The van der Waals surface area contributed by atoms with Gasteiger partial charge in [-0.3, -0.25) is 9.59 Å². The lowest BCUT2D eigenvalue weighted by molar-refractivity contribution is -0.139. The molecule has 168 valence electrons. The summed E-state index contributed by atoms with van der Waals surface area (Å²) >= 11 is 7.38. The fraction of sp³-hybridized carbons (Fsp3) is 0.417. The Bertz CT molecular complexity index is 887. The summed E-state index contributed by atoms with van der Waals surface area (Å²) in [6.07, 6.45) is 0.500. The van der Waals surface area contributed by atoms with E-state index in [1.165, 1.54) is 17.8 Å². The van der Waals surface area contributed by atoms with Gasteiger partial charge in [0.1, 0.15) is 11.9 Å². The third-order valence-corrected chi connectivity index (χ3v) is 6.08. The first kappa shape index (κ1) is 25.2. The molecule has 0 aliphatic heterocycles. The Morgan fingerprint density at radius 3 is 2.52 bits per heavy atom. The van der Waals surface area contributed by atoms with E-state index in [9.17, 15) is 14.0 Å². The van der Waals surface area contributed by atoms with E-state index >= 15 is 0 Å². The molecule has 0 bridgehead atoms. The number of nitrogens with one attached hydrogen (secondary N) is 1. The first-order valence-electron chi connectivity index (χ1n) is 10.4. The zero-order valence-corrected chi connectivity index (χ0v) is 20.0. The van der Waals surface area contributed by atoms with E-state index in [1.807, 2.05) is 52.0 Å². The molecule has 1 atom stereocenters. The molecule has 1 unspecified atom stereocenters. The number of carbonyl (C=O) groups is 2.